The number of amides is 1. The molecule has 0 bridgehead atoms. The Labute approximate surface area is 131 Å². The van der Waals surface area contributed by atoms with Crippen molar-refractivity contribution < 1.29 is 9.00 Å². The maximum Gasteiger partial charge on any atom is 0.232 e. The van der Waals surface area contributed by atoms with Gasteiger partial charge in [0.2, 0.25) is 5.91 Å². The third-order valence-electron chi connectivity index (χ3n) is 3.15. The van der Waals surface area contributed by atoms with Crippen LogP contribution in [0.5, 0.6) is 0 Å². The monoisotopic (exact) mass is 309 g/mol. The van der Waals surface area contributed by atoms with Gasteiger partial charge in [0, 0.05) is 23.1 Å². The molecule has 0 radical (unpaired) electrons. The van der Waals surface area contributed by atoms with E-state index in [0.29, 0.717) is 18.2 Å². The lowest BCUT2D eigenvalue weighted by atomic mass is 9.87. The molecule has 1 rings (SSSR count). The maximum atomic E-state index is 12.0. The SMILES string of the molecule is CC(C)CNC(=O)CS(=O)Cc1ccc(C(C)(C)C)cc1. The highest BCUT2D eigenvalue weighted by atomic mass is 32.2. The lowest BCUT2D eigenvalue weighted by Crippen LogP contribution is -2.31. The third-order valence-corrected chi connectivity index (χ3v) is 4.39. The molecule has 1 unspecified atom stereocenters. The Bertz CT molecular complexity index is 487. The van der Waals surface area contributed by atoms with Gasteiger partial charge < -0.3 is 5.32 Å². The van der Waals surface area contributed by atoms with E-state index in [4.69, 9.17) is 0 Å². The molecule has 118 valence electrons. The first kappa shape index (κ1) is 17.9. The van der Waals surface area contributed by atoms with Crippen LogP contribution in [0.3, 0.4) is 0 Å². The van der Waals surface area contributed by atoms with E-state index in [-0.39, 0.29) is 17.1 Å². The largest absolute Gasteiger partial charge is 0.355 e. The highest BCUT2D eigenvalue weighted by molar-refractivity contribution is 7.84. The number of hydrogen-bond acceptors (Lipinski definition) is 2. The number of benzene rings is 1. The molecule has 4 heteroatoms. The van der Waals surface area contributed by atoms with E-state index in [2.05, 4.69) is 38.2 Å². The average Bonchev–Trinajstić information content (AvgIpc) is 2.35. The van der Waals surface area contributed by atoms with Gasteiger partial charge in [0.25, 0.3) is 0 Å². The molecule has 0 saturated carbocycles. The van der Waals surface area contributed by atoms with E-state index >= 15 is 0 Å². The first-order valence-corrected chi connectivity index (χ1v) is 8.88. The predicted octanol–water partition coefficient (Wildman–Crippen LogP) is 3.01. The number of nitrogens with one attached hydrogen (secondary N) is 1. The van der Waals surface area contributed by atoms with Crippen LogP contribution in [-0.2, 0) is 26.8 Å². The third kappa shape index (κ3) is 6.89. The van der Waals surface area contributed by atoms with Crippen LogP contribution in [0.4, 0.5) is 0 Å². The lowest BCUT2D eigenvalue weighted by molar-refractivity contribution is -0.118. The van der Waals surface area contributed by atoms with Gasteiger partial charge in [0.05, 0.1) is 0 Å². The van der Waals surface area contributed by atoms with Crippen LogP contribution in [0.25, 0.3) is 0 Å². The summed E-state index contributed by atoms with van der Waals surface area (Å²) in [5.74, 6) is 0.786. The van der Waals surface area contributed by atoms with Gasteiger partial charge in [-0.3, -0.25) is 9.00 Å². The highest BCUT2D eigenvalue weighted by Crippen LogP contribution is 2.22. The molecule has 1 atom stereocenters. The Morgan fingerprint density at radius 2 is 1.76 bits per heavy atom. The number of carbonyl (C=O) groups excluding carboxylic acids is 1. The summed E-state index contributed by atoms with van der Waals surface area (Å²) in [6, 6.07) is 8.16. The Hall–Kier alpha value is -1.16. The van der Waals surface area contributed by atoms with E-state index in [1.54, 1.807) is 0 Å². The van der Waals surface area contributed by atoms with Crippen molar-refractivity contribution in [1.29, 1.82) is 0 Å². The molecule has 0 saturated heterocycles. The van der Waals surface area contributed by atoms with Crippen molar-refractivity contribution >= 4 is 16.7 Å². The van der Waals surface area contributed by atoms with Crippen LogP contribution < -0.4 is 5.32 Å². The Morgan fingerprint density at radius 1 is 1.19 bits per heavy atom. The van der Waals surface area contributed by atoms with E-state index in [1.807, 2.05) is 26.0 Å². The molecule has 0 spiro atoms. The quantitative estimate of drug-likeness (QED) is 0.878. The molecule has 1 amide bonds. The van der Waals surface area contributed by atoms with Crippen LogP contribution in [0.15, 0.2) is 24.3 Å². The molecule has 0 aliphatic carbocycles. The smallest absolute Gasteiger partial charge is 0.232 e. The van der Waals surface area contributed by atoms with E-state index in [1.165, 1.54) is 5.56 Å². The molecule has 0 aromatic heterocycles. The fourth-order valence-corrected chi connectivity index (χ4v) is 2.91. The van der Waals surface area contributed by atoms with Crippen molar-refractivity contribution in [2.24, 2.45) is 5.92 Å². The Balaban J connectivity index is 2.50. The summed E-state index contributed by atoms with van der Waals surface area (Å²) in [6.45, 7) is 11.2. The number of carbonyl (C=O) groups is 1. The average molecular weight is 309 g/mol. The fraction of sp³-hybridized carbons (Fsp3) is 0.588. The standard InChI is InChI=1S/C17H27NO2S/c1-13(2)10-18-16(19)12-21(20)11-14-6-8-15(9-7-14)17(3,4)5/h6-9,13H,10-12H2,1-5H3,(H,18,19). The van der Waals surface area contributed by atoms with Crippen molar-refractivity contribution in [1.82, 2.24) is 5.32 Å². The van der Waals surface area contributed by atoms with Gasteiger partial charge in [0.1, 0.15) is 5.75 Å². The van der Waals surface area contributed by atoms with Gasteiger partial charge >= 0.3 is 0 Å². The Kier molecular flexibility index (Phi) is 6.59. The number of hydrogen-bond donors (Lipinski definition) is 1. The highest BCUT2D eigenvalue weighted by Gasteiger charge is 2.14. The van der Waals surface area contributed by atoms with Gasteiger partial charge in [0.15, 0.2) is 0 Å². The normalized spacial score (nSPS) is 13.2. The minimum Gasteiger partial charge on any atom is -0.355 e. The second kappa shape index (κ2) is 7.74. The van der Waals surface area contributed by atoms with Crippen molar-refractivity contribution in [3.05, 3.63) is 35.4 Å². The van der Waals surface area contributed by atoms with Crippen LogP contribution in [-0.4, -0.2) is 22.4 Å². The van der Waals surface area contributed by atoms with Crippen molar-refractivity contribution in [2.75, 3.05) is 12.3 Å². The molecular weight excluding hydrogens is 282 g/mol. The van der Waals surface area contributed by atoms with E-state index < -0.39 is 10.8 Å². The second-order valence-electron chi connectivity index (χ2n) is 6.87. The zero-order valence-corrected chi connectivity index (χ0v) is 14.5. The molecule has 1 aromatic carbocycles. The molecule has 21 heavy (non-hydrogen) atoms. The zero-order chi connectivity index (χ0) is 16.0. The summed E-state index contributed by atoms with van der Waals surface area (Å²) < 4.78 is 12.0. The minimum atomic E-state index is -1.16. The summed E-state index contributed by atoms with van der Waals surface area (Å²) in [5, 5.41) is 2.80. The van der Waals surface area contributed by atoms with Crippen LogP contribution in [0.1, 0.15) is 45.7 Å². The molecule has 3 nitrogen and oxygen atoms in total. The topological polar surface area (TPSA) is 46.2 Å². The second-order valence-corrected chi connectivity index (χ2v) is 8.33. The van der Waals surface area contributed by atoms with E-state index in [9.17, 15) is 9.00 Å². The lowest BCUT2D eigenvalue weighted by Gasteiger charge is -2.19. The van der Waals surface area contributed by atoms with Gasteiger partial charge in [-0.25, -0.2) is 0 Å². The summed E-state index contributed by atoms with van der Waals surface area (Å²) >= 11 is 0. The van der Waals surface area contributed by atoms with Crippen molar-refractivity contribution in [3.63, 3.8) is 0 Å². The van der Waals surface area contributed by atoms with Gasteiger partial charge in [-0.1, -0.05) is 58.9 Å². The summed E-state index contributed by atoms with van der Waals surface area (Å²) in [7, 11) is -1.16. The molecule has 1 aromatic rings. The van der Waals surface area contributed by atoms with Gasteiger partial charge in [-0.05, 0) is 22.5 Å². The van der Waals surface area contributed by atoms with Crippen molar-refractivity contribution in [2.45, 2.75) is 45.8 Å². The summed E-state index contributed by atoms with van der Waals surface area (Å²) in [5.41, 5.74) is 2.39. The van der Waals surface area contributed by atoms with Gasteiger partial charge in [-0.2, -0.15) is 0 Å². The molecule has 0 heterocycles. The Morgan fingerprint density at radius 3 is 2.24 bits per heavy atom. The van der Waals surface area contributed by atoms with Crippen LogP contribution in [0, 0.1) is 5.92 Å². The summed E-state index contributed by atoms with van der Waals surface area (Å²) in [4.78, 5) is 11.6. The number of rotatable bonds is 6. The summed E-state index contributed by atoms with van der Waals surface area (Å²) in [6.07, 6.45) is 0. The molecule has 0 aliphatic rings. The first-order chi connectivity index (χ1) is 9.68. The molecule has 1 N–H and O–H groups in total. The van der Waals surface area contributed by atoms with E-state index in [0.717, 1.165) is 5.56 Å². The molecular formula is C17H27NO2S. The molecule has 0 aliphatic heterocycles. The van der Waals surface area contributed by atoms with Gasteiger partial charge in [-0.15, -0.1) is 0 Å². The molecule has 0 fully saturated rings. The minimum absolute atomic E-state index is 0.0771. The van der Waals surface area contributed by atoms with Crippen LogP contribution in [0.2, 0.25) is 0 Å². The zero-order valence-electron chi connectivity index (χ0n) is 13.7. The predicted molar refractivity (Wildman–Crippen MR) is 89.7 cm³/mol. The van der Waals surface area contributed by atoms with Crippen molar-refractivity contribution in [3.8, 4) is 0 Å². The maximum absolute atomic E-state index is 12.0. The first-order valence-electron chi connectivity index (χ1n) is 7.39. The fourth-order valence-electron chi connectivity index (χ4n) is 1.85. The van der Waals surface area contributed by atoms with Crippen LogP contribution >= 0.6 is 0 Å².